The molecule has 0 aliphatic carbocycles. The Morgan fingerprint density at radius 3 is 1.70 bits per heavy atom. The third-order valence-electron chi connectivity index (χ3n) is 5.34. The van der Waals surface area contributed by atoms with E-state index < -0.39 is 12.0 Å². The third-order valence-corrected chi connectivity index (χ3v) is 5.34. The standard InChI is InChI=1S/C22H27NO4/c1-21-15-25-22(26-16-21,27-17-21)20(14-24)23(12-18-8-4-2-5-9-18)13-19-10-6-3-7-11-19/h2-11,20,24H,12-17H2,1H3. The van der Waals surface area contributed by atoms with Crippen molar-refractivity contribution in [3.63, 3.8) is 0 Å². The Morgan fingerprint density at radius 2 is 1.30 bits per heavy atom. The molecule has 0 aromatic heterocycles. The van der Waals surface area contributed by atoms with Gasteiger partial charge >= 0.3 is 5.97 Å². The van der Waals surface area contributed by atoms with E-state index in [4.69, 9.17) is 14.2 Å². The first-order chi connectivity index (χ1) is 13.1. The van der Waals surface area contributed by atoms with Crippen LogP contribution in [0, 0.1) is 5.41 Å². The molecule has 1 unspecified atom stereocenters. The van der Waals surface area contributed by atoms with Gasteiger partial charge in [-0.15, -0.1) is 0 Å². The van der Waals surface area contributed by atoms with Crippen molar-refractivity contribution in [3.05, 3.63) is 71.8 Å². The molecule has 3 heterocycles. The lowest BCUT2D eigenvalue weighted by molar-refractivity contribution is -0.483. The van der Waals surface area contributed by atoms with Gasteiger partial charge in [-0.05, 0) is 11.1 Å². The minimum absolute atomic E-state index is 0.106. The van der Waals surface area contributed by atoms with Gasteiger partial charge in [0.05, 0.1) is 26.4 Å². The van der Waals surface area contributed by atoms with E-state index in [2.05, 4.69) is 36.1 Å². The molecule has 1 N–H and O–H groups in total. The van der Waals surface area contributed by atoms with Crippen LogP contribution in [0.15, 0.2) is 60.7 Å². The van der Waals surface area contributed by atoms with Crippen molar-refractivity contribution in [3.8, 4) is 0 Å². The molecule has 2 aromatic rings. The van der Waals surface area contributed by atoms with Crippen LogP contribution in [-0.2, 0) is 27.3 Å². The first-order valence-electron chi connectivity index (χ1n) is 9.47. The van der Waals surface area contributed by atoms with E-state index in [1.165, 1.54) is 11.1 Å². The summed E-state index contributed by atoms with van der Waals surface area (Å²) < 4.78 is 18.1. The quantitative estimate of drug-likeness (QED) is 0.813. The van der Waals surface area contributed by atoms with Crippen LogP contribution in [0.1, 0.15) is 18.1 Å². The molecular formula is C22H27NO4. The summed E-state index contributed by atoms with van der Waals surface area (Å²) in [4.78, 5) is 2.18. The maximum absolute atomic E-state index is 10.3. The monoisotopic (exact) mass is 369 g/mol. The Hall–Kier alpha value is -1.76. The minimum Gasteiger partial charge on any atom is -0.394 e. The maximum atomic E-state index is 10.3. The van der Waals surface area contributed by atoms with E-state index in [1.807, 2.05) is 36.4 Å². The van der Waals surface area contributed by atoms with Crippen LogP contribution >= 0.6 is 0 Å². The lowest BCUT2D eigenvalue weighted by Crippen LogP contribution is -2.68. The average molecular weight is 369 g/mol. The van der Waals surface area contributed by atoms with Gasteiger partial charge in [0.25, 0.3) is 0 Å². The van der Waals surface area contributed by atoms with Gasteiger partial charge in [-0.25, -0.2) is 0 Å². The number of ether oxygens (including phenoxy) is 3. The van der Waals surface area contributed by atoms with E-state index in [9.17, 15) is 5.11 Å². The fourth-order valence-electron chi connectivity index (χ4n) is 3.73. The number of hydrogen-bond acceptors (Lipinski definition) is 5. The van der Waals surface area contributed by atoms with E-state index in [0.717, 1.165) is 0 Å². The zero-order chi connectivity index (χ0) is 18.7. The summed E-state index contributed by atoms with van der Waals surface area (Å²) >= 11 is 0. The number of aliphatic hydroxyl groups excluding tert-OH is 1. The maximum Gasteiger partial charge on any atom is 0.301 e. The highest BCUT2D eigenvalue weighted by atomic mass is 16.9. The fraction of sp³-hybridized carbons (Fsp3) is 0.455. The highest BCUT2D eigenvalue weighted by Crippen LogP contribution is 2.41. The molecule has 0 radical (unpaired) electrons. The molecule has 2 aromatic carbocycles. The van der Waals surface area contributed by atoms with Crippen LogP contribution in [0.4, 0.5) is 0 Å². The second-order valence-corrected chi connectivity index (χ2v) is 7.85. The number of nitrogens with zero attached hydrogens (tertiary/aromatic N) is 1. The average Bonchev–Trinajstić information content (AvgIpc) is 2.71. The van der Waals surface area contributed by atoms with Gasteiger partial charge in [0.1, 0.15) is 6.04 Å². The second-order valence-electron chi connectivity index (χ2n) is 7.85. The third kappa shape index (κ3) is 3.93. The molecule has 3 aliphatic rings. The fourth-order valence-corrected chi connectivity index (χ4v) is 3.73. The number of fused-ring (bicyclic) bond motifs is 3. The zero-order valence-electron chi connectivity index (χ0n) is 15.7. The van der Waals surface area contributed by atoms with Crippen molar-refractivity contribution >= 4 is 0 Å². The Labute approximate surface area is 160 Å². The Bertz CT molecular complexity index is 670. The van der Waals surface area contributed by atoms with Crippen LogP contribution in [-0.4, -0.2) is 48.4 Å². The molecule has 5 heteroatoms. The molecule has 0 spiro atoms. The van der Waals surface area contributed by atoms with Crippen LogP contribution < -0.4 is 0 Å². The first kappa shape index (κ1) is 18.6. The molecular weight excluding hydrogens is 342 g/mol. The summed E-state index contributed by atoms with van der Waals surface area (Å²) in [5.41, 5.74) is 2.23. The molecule has 5 nitrogen and oxygen atoms in total. The van der Waals surface area contributed by atoms with Gasteiger partial charge in [-0.1, -0.05) is 67.6 Å². The first-order valence-corrected chi connectivity index (χ1v) is 9.47. The smallest absolute Gasteiger partial charge is 0.301 e. The summed E-state index contributed by atoms with van der Waals surface area (Å²) in [6.07, 6.45) is 0. The normalized spacial score (nSPS) is 28.4. The van der Waals surface area contributed by atoms with Gasteiger partial charge in [0.2, 0.25) is 0 Å². The van der Waals surface area contributed by atoms with Gasteiger partial charge in [0.15, 0.2) is 0 Å². The summed E-state index contributed by atoms with van der Waals surface area (Å²) in [5, 5.41) is 10.3. The molecule has 2 bridgehead atoms. The van der Waals surface area contributed by atoms with Crippen LogP contribution in [0.25, 0.3) is 0 Å². The summed E-state index contributed by atoms with van der Waals surface area (Å²) in [6.45, 7) is 5.04. The van der Waals surface area contributed by atoms with Gasteiger partial charge in [-0.2, -0.15) is 0 Å². The van der Waals surface area contributed by atoms with Crippen LogP contribution in [0.5, 0.6) is 0 Å². The molecule has 144 valence electrons. The molecule has 0 saturated carbocycles. The van der Waals surface area contributed by atoms with Crippen LogP contribution in [0.3, 0.4) is 0 Å². The van der Waals surface area contributed by atoms with Crippen molar-refractivity contribution in [2.75, 3.05) is 26.4 Å². The highest BCUT2D eigenvalue weighted by Gasteiger charge is 2.56. The Balaban J connectivity index is 1.61. The van der Waals surface area contributed by atoms with Gasteiger partial charge < -0.3 is 19.3 Å². The van der Waals surface area contributed by atoms with E-state index in [0.29, 0.717) is 32.9 Å². The topological polar surface area (TPSA) is 51.2 Å². The van der Waals surface area contributed by atoms with Crippen molar-refractivity contribution in [1.29, 1.82) is 0 Å². The predicted octanol–water partition coefficient (Wildman–Crippen LogP) is 2.79. The highest BCUT2D eigenvalue weighted by molar-refractivity contribution is 5.17. The largest absolute Gasteiger partial charge is 0.394 e. The number of hydrogen-bond donors (Lipinski definition) is 1. The molecule has 0 amide bonds. The van der Waals surface area contributed by atoms with Gasteiger partial charge in [0, 0.05) is 18.5 Å². The van der Waals surface area contributed by atoms with Crippen molar-refractivity contribution in [2.24, 2.45) is 5.41 Å². The van der Waals surface area contributed by atoms with Gasteiger partial charge in [-0.3, -0.25) is 4.90 Å². The van der Waals surface area contributed by atoms with E-state index >= 15 is 0 Å². The lowest BCUT2D eigenvalue weighted by Gasteiger charge is -2.54. The summed E-state index contributed by atoms with van der Waals surface area (Å²) in [6, 6.07) is 20.0. The summed E-state index contributed by atoms with van der Waals surface area (Å²) in [7, 11) is 0. The molecule has 27 heavy (non-hydrogen) atoms. The van der Waals surface area contributed by atoms with Crippen molar-refractivity contribution in [1.82, 2.24) is 4.90 Å². The van der Waals surface area contributed by atoms with Crippen molar-refractivity contribution in [2.45, 2.75) is 32.0 Å². The number of rotatable bonds is 7. The Morgan fingerprint density at radius 1 is 0.852 bits per heavy atom. The molecule has 3 aliphatic heterocycles. The zero-order valence-corrected chi connectivity index (χ0v) is 15.7. The number of aliphatic hydroxyl groups is 1. The van der Waals surface area contributed by atoms with E-state index in [1.54, 1.807) is 0 Å². The summed E-state index contributed by atoms with van der Waals surface area (Å²) in [5.74, 6) is -1.21. The van der Waals surface area contributed by atoms with Crippen LogP contribution in [0.2, 0.25) is 0 Å². The van der Waals surface area contributed by atoms with E-state index in [-0.39, 0.29) is 12.0 Å². The molecule has 3 fully saturated rings. The molecule has 3 saturated heterocycles. The molecule has 1 atom stereocenters. The molecule has 5 rings (SSSR count). The lowest BCUT2D eigenvalue weighted by atomic mass is 9.91. The Kier molecular flexibility index (Phi) is 5.30. The minimum atomic E-state index is -1.21. The second kappa shape index (κ2) is 7.70. The SMILES string of the molecule is CC12COC(C(CO)N(Cc3ccccc3)Cc3ccccc3)(OC1)OC2. The predicted molar refractivity (Wildman–Crippen MR) is 102 cm³/mol. The number of benzene rings is 2. The van der Waals surface area contributed by atoms with Crippen molar-refractivity contribution < 1.29 is 19.3 Å².